The number of carbonyl (C=O) groups is 1. The topological polar surface area (TPSA) is 52.9 Å². The predicted molar refractivity (Wildman–Crippen MR) is 87.3 cm³/mol. The standard InChI is InChI=1S/C16H19F3N2O2S/c1-11(2)13-8-15(23,16(17,18)19)21(20-13)14(22)10-24-9-12-6-4-3-5-7-12/h3-7,11,23H,8-10H2,1-2H3/t15-/m0/s1. The molecule has 4 nitrogen and oxygen atoms in total. The Morgan fingerprint density at radius 2 is 2.00 bits per heavy atom. The summed E-state index contributed by atoms with van der Waals surface area (Å²) in [4.78, 5) is 12.2. The molecular formula is C16H19F3N2O2S. The molecule has 1 atom stereocenters. The largest absolute Gasteiger partial charge is 0.438 e. The first-order chi connectivity index (χ1) is 11.1. The Morgan fingerprint density at radius 1 is 1.38 bits per heavy atom. The molecule has 1 aliphatic heterocycles. The van der Waals surface area contributed by atoms with E-state index in [0.29, 0.717) is 5.75 Å². The lowest BCUT2D eigenvalue weighted by Crippen LogP contribution is -2.57. The number of hydrogen-bond acceptors (Lipinski definition) is 4. The molecular weight excluding hydrogens is 341 g/mol. The summed E-state index contributed by atoms with van der Waals surface area (Å²) in [5.74, 6) is -0.839. The summed E-state index contributed by atoms with van der Waals surface area (Å²) in [7, 11) is 0. The van der Waals surface area contributed by atoms with Crippen molar-refractivity contribution in [2.75, 3.05) is 5.75 Å². The molecule has 24 heavy (non-hydrogen) atoms. The number of aliphatic hydroxyl groups is 1. The molecule has 0 radical (unpaired) electrons. The Kier molecular flexibility index (Phi) is 5.59. The smallest absolute Gasteiger partial charge is 0.362 e. The average molecular weight is 360 g/mol. The van der Waals surface area contributed by atoms with Crippen LogP contribution in [0.25, 0.3) is 0 Å². The van der Waals surface area contributed by atoms with Gasteiger partial charge in [0.25, 0.3) is 11.6 Å². The molecule has 8 heteroatoms. The van der Waals surface area contributed by atoms with Crippen LogP contribution in [0.4, 0.5) is 13.2 Å². The van der Waals surface area contributed by atoms with Crippen LogP contribution in [0.5, 0.6) is 0 Å². The van der Waals surface area contributed by atoms with Gasteiger partial charge in [-0.15, -0.1) is 11.8 Å². The maximum Gasteiger partial charge on any atom is 0.438 e. The van der Waals surface area contributed by atoms with Crippen LogP contribution in [0, 0.1) is 5.92 Å². The number of nitrogens with zero attached hydrogens (tertiary/aromatic N) is 2. The molecule has 0 fully saturated rings. The fourth-order valence-electron chi connectivity index (χ4n) is 2.27. The Hall–Kier alpha value is -1.54. The third kappa shape index (κ3) is 3.92. The van der Waals surface area contributed by atoms with Crippen molar-refractivity contribution in [3.63, 3.8) is 0 Å². The molecule has 132 valence electrons. The lowest BCUT2D eigenvalue weighted by Gasteiger charge is -2.32. The zero-order valence-corrected chi connectivity index (χ0v) is 14.2. The zero-order valence-electron chi connectivity index (χ0n) is 13.4. The SMILES string of the molecule is CC(C)C1=NN(C(=O)CSCc2ccccc2)[C@@](O)(C(F)(F)F)C1. The summed E-state index contributed by atoms with van der Waals surface area (Å²) in [6.07, 6.45) is -5.67. The average Bonchev–Trinajstić information content (AvgIpc) is 2.87. The summed E-state index contributed by atoms with van der Waals surface area (Å²) < 4.78 is 39.8. The molecule has 1 N–H and O–H groups in total. The van der Waals surface area contributed by atoms with Gasteiger partial charge in [0.05, 0.1) is 5.75 Å². The molecule has 1 aromatic carbocycles. The molecule has 0 aliphatic carbocycles. The summed E-state index contributed by atoms with van der Waals surface area (Å²) >= 11 is 1.18. The molecule has 1 aromatic rings. The van der Waals surface area contributed by atoms with Crippen LogP contribution in [0.3, 0.4) is 0 Å². The number of hydrogen-bond donors (Lipinski definition) is 1. The molecule has 0 spiro atoms. The number of alkyl halides is 3. The highest BCUT2D eigenvalue weighted by Gasteiger charge is 2.63. The Morgan fingerprint density at radius 3 is 2.54 bits per heavy atom. The minimum Gasteiger partial charge on any atom is -0.362 e. The minimum atomic E-state index is -4.97. The minimum absolute atomic E-state index is 0.163. The third-order valence-electron chi connectivity index (χ3n) is 3.70. The highest BCUT2D eigenvalue weighted by atomic mass is 32.2. The van der Waals surface area contributed by atoms with Crippen LogP contribution in [-0.2, 0) is 10.5 Å². The first-order valence-electron chi connectivity index (χ1n) is 7.46. The van der Waals surface area contributed by atoms with Gasteiger partial charge in [0.15, 0.2) is 0 Å². The normalized spacial score (nSPS) is 21.3. The van der Waals surface area contributed by atoms with Crippen molar-refractivity contribution in [3.8, 4) is 0 Å². The van der Waals surface area contributed by atoms with E-state index in [2.05, 4.69) is 5.10 Å². The summed E-state index contributed by atoms with van der Waals surface area (Å²) in [6, 6.07) is 9.29. The van der Waals surface area contributed by atoms with Gasteiger partial charge in [-0.1, -0.05) is 44.2 Å². The van der Waals surface area contributed by atoms with Crippen molar-refractivity contribution in [1.29, 1.82) is 0 Å². The van der Waals surface area contributed by atoms with Crippen molar-refractivity contribution in [3.05, 3.63) is 35.9 Å². The molecule has 0 aromatic heterocycles. The predicted octanol–water partition coefficient (Wildman–Crippen LogP) is 3.42. The summed E-state index contributed by atoms with van der Waals surface area (Å²) in [5, 5.41) is 14.0. The summed E-state index contributed by atoms with van der Waals surface area (Å²) in [5.41, 5.74) is -2.12. The second-order valence-corrected chi connectivity index (χ2v) is 6.91. The first kappa shape index (κ1) is 18.8. The van der Waals surface area contributed by atoms with E-state index in [9.17, 15) is 23.1 Å². The molecule has 0 saturated heterocycles. The first-order valence-corrected chi connectivity index (χ1v) is 8.62. The van der Waals surface area contributed by atoms with Crippen LogP contribution in [0.2, 0.25) is 0 Å². The van der Waals surface area contributed by atoms with Gasteiger partial charge in [0.1, 0.15) is 0 Å². The van der Waals surface area contributed by atoms with Crippen LogP contribution in [0.15, 0.2) is 35.4 Å². The van der Waals surface area contributed by atoms with E-state index in [1.807, 2.05) is 30.3 Å². The van der Waals surface area contributed by atoms with E-state index in [1.165, 1.54) is 11.8 Å². The lowest BCUT2D eigenvalue weighted by atomic mass is 9.99. The Labute approximate surface area is 142 Å². The fraction of sp³-hybridized carbons (Fsp3) is 0.500. The van der Waals surface area contributed by atoms with E-state index in [0.717, 1.165) is 5.56 Å². The number of halogens is 3. The molecule has 0 saturated carbocycles. The highest BCUT2D eigenvalue weighted by Crippen LogP contribution is 2.41. The maximum atomic E-state index is 13.3. The van der Waals surface area contributed by atoms with E-state index in [4.69, 9.17) is 0 Å². The third-order valence-corrected chi connectivity index (χ3v) is 4.69. The van der Waals surface area contributed by atoms with Gasteiger partial charge in [-0.25, -0.2) is 0 Å². The number of amides is 1. The van der Waals surface area contributed by atoms with Gasteiger partial charge in [0, 0.05) is 17.9 Å². The van der Waals surface area contributed by atoms with Crippen molar-refractivity contribution in [2.45, 2.75) is 37.9 Å². The van der Waals surface area contributed by atoms with Gasteiger partial charge in [-0.2, -0.15) is 23.3 Å². The van der Waals surface area contributed by atoms with E-state index in [1.54, 1.807) is 13.8 Å². The molecule has 0 unspecified atom stereocenters. The molecule has 1 amide bonds. The Balaban J connectivity index is 2.07. The summed E-state index contributed by atoms with van der Waals surface area (Å²) in [6.45, 7) is 3.35. The van der Waals surface area contributed by atoms with Crippen LogP contribution in [-0.4, -0.2) is 39.4 Å². The van der Waals surface area contributed by atoms with Gasteiger partial charge < -0.3 is 5.11 Å². The van der Waals surface area contributed by atoms with E-state index in [-0.39, 0.29) is 22.4 Å². The monoisotopic (exact) mass is 360 g/mol. The number of rotatable bonds is 5. The zero-order chi connectivity index (χ0) is 18.0. The van der Waals surface area contributed by atoms with Crippen LogP contribution >= 0.6 is 11.8 Å². The fourth-order valence-corrected chi connectivity index (χ4v) is 3.09. The second-order valence-electron chi connectivity index (χ2n) is 5.92. The van der Waals surface area contributed by atoms with Gasteiger partial charge >= 0.3 is 6.18 Å². The maximum absolute atomic E-state index is 13.3. The number of carbonyl (C=O) groups excluding carboxylic acids is 1. The van der Waals surface area contributed by atoms with Crippen LogP contribution in [0.1, 0.15) is 25.8 Å². The van der Waals surface area contributed by atoms with Crippen molar-refractivity contribution < 1.29 is 23.1 Å². The number of thioether (sulfide) groups is 1. The van der Waals surface area contributed by atoms with Gasteiger partial charge in [-0.05, 0) is 11.5 Å². The van der Waals surface area contributed by atoms with Gasteiger partial charge in [0.2, 0.25) is 0 Å². The van der Waals surface area contributed by atoms with E-state index < -0.39 is 24.2 Å². The highest BCUT2D eigenvalue weighted by molar-refractivity contribution is 7.99. The van der Waals surface area contributed by atoms with Crippen molar-refractivity contribution in [1.82, 2.24) is 5.01 Å². The lowest BCUT2D eigenvalue weighted by molar-refractivity contribution is -0.301. The van der Waals surface area contributed by atoms with Crippen molar-refractivity contribution >= 4 is 23.4 Å². The quantitative estimate of drug-likeness (QED) is 0.875. The van der Waals surface area contributed by atoms with Crippen molar-refractivity contribution in [2.24, 2.45) is 11.0 Å². The second kappa shape index (κ2) is 7.14. The molecule has 1 aliphatic rings. The number of benzene rings is 1. The Bertz CT molecular complexity index is 619. The van der Waals surface area contributed by atoms with E-state index >= 15 is 0 Å². The number of hydrazone groups is 1. The molecule has 2 rings (SSSR count). The van der Waals surface area contributed by atoms with Crippen LogP contribution < -0.4 is 0 Å². The van der Waals surface area contributed by atoms with Gasteiger partial charge in [-0.3, -0.25) is 4.79 Å². The molecule has 0 bridgehead atoms. The molecule has 1 heterocycles.